The Labute approximate surface area is 158 Å². The van der Waals surface area contributed by atoms with E-state index < -0.39 is 0 Å². The average Bonchev–Trinajstić information content (AvgIpc) is 3.02. The van der Waals surface area contributed by atoms with Crippen LogP contribution < -0.4 is 5.32 Å². The molecule has 0 radical (unpaired) electrons. The molecule has 0 spiro atoms. The molecule has 140 valence electrons. The quantitative estimate of drug-likeness (QED) is 0.793. The van der Waals surface area contributed by atoms with Gasteiger partial charge in [-0.2, -0.15) is 0 Å². The summed E-state index contributed by atoms with van der Waals surface area (Å²) >= 11 is 1.34. The summed E-state index contributed by atoms with van der Waals surface area (Å²) in [5.41, 5.74) is 2.81. The topological polar surface area (TPSA) is 70.6 Å². The molecule has 8 heteroatoms. The number of likely N-dealkylation sites (N-methyl/N-ethyl adjacent to an activating group) is 2. The van der Waals surface area contributed by atoms with Crippen molar-refractivity contribution in [3.8, 4) is 0 Å². The number of benzene rings is 1. The van der Waals surface area contributed by atoms with Crippen molar-refractivity contribution >= 4 is 22.4 Å². The molecule has 1 aliphatic rings. The lowest BCUT2D eigenvalue weighted by Gasteiger charge is -2.36. The maximum atomic E-state index is 12.3. The molecule has 2 aromatic rings. The molecular formula is C18H25N5O2S. The number of carbonyl (C=O) groups excluding carboxylic acids is 1. The molecule has 1 atom stereocenters. The number of ether oxygens (including phenoxy) is 1. The molecular weight excluding hydrogens is 350 g/mol. The minimum absolute atomic E-state index is 0.0773. The van der Waals surface area contributed by atoms with E-state index in [1.54, 1.807) is 7.11 Å². The highest BCUT2D eigenvalue weighted by atomic mass is 32.1. The van der Waals surface area contributed by atoms with E-state index >= 15 is 0 Å². The third-order valence-corrected chi connectivity index (χ3v) is 5.35. The second-order valence-corrected chi connectivity index (χ2v) is 7.78. The van der Waals surface area contributed by atoms with E-state index in [2.05, 4.69) is 56.6 Å². The van der Waals surface area contributed by atoms with Gasteiger partial charge >= 0.3 is 0 Å². The first-order valence-corrected chi connectivity index (χ1v) is 9.43. The van der Waals surface area contributed by atoms with Crippen molar-refractivity contribution in [2.75, 3.05) is 39.6 Å². The average molecular weight is 375 g/mol. The summed E-state index contributed by atoms with van der Waals surface area (Å²) in [6.07, 6.45) is 1.01. The van der Waals surface area contributed by atoms with Crippen LogP contribution in [0.3, 0.4) is 0 Å². The highest BCUT2D eigenvalue weighted by molar-refractivity contribution is 7.15. The van der Waals surface area contributed by atoms with Gasteiger partial charge in [0, 0.05) is 26.2 Å². The number of aromatic nitrogens is 2. The van der Waals surface area contributed by atoms with Crippen LogP contribution in [-0.4, -0.2) is 66.2 Å². The van der Waals surface area contributed by atoms with Crippen molar-refractivity contribution in [2.24, 2.45) is 0 Å². The fourth-order valence-electron chi connectivity index (χ4n) is 3.24. The lowest BCUT2D eigenvalue weighted by atomic mass is 9.94. The van der Waals surface area contributed by atoms with Gasteiger partial charge in [-0.05, 0) is 31.6 Å². The molecule has 1 unspecified atom stereocenters. The van der Waals surface area contributed by atoms with Crippen LogP contribution >= 0.6 is 11.3 Å². The molecule has 0 saturated heterocycles. The van der Waals surface area contributed by atoms with Gasteiger partial charge in [0.1, 0.15) is 11.6 Å². The van der Waals surface area contributed by atoms with Gasteiger partial charge in [-0.1, -0.05) is 35.6 Å². The molecule has 0 fully saturated rings. The number of carbonyl (C=O) groups is 1. The lowest BCUT2D eigenvalue weighted by molar-refractivity contribution is -0.117. The number of nitrogens with zero attached hydrogens (tertiary/aromatic N) is 4. The van der Waals surface area contributed by atoms with E-state index in [9.17, 15) is 4.79 Å². The SMILES string of the molecule is COCc1nnc(NC(=O)CN(C)CC2Cc3ccccc3CN2C)s1. The summed E-state index contributed by atoms with van der Waals surface area (Å²) in [5, 5.41) is 12.0. The molecule has 3 rings (SSSR count). The van der Waals surface area contributed by atoms with Crippen LogP contribution in [0.1, 0.15) is 16.1 Å². The first-order valence-electron chi connectivity index (χ1n) is 8.62. The zero-order valence-corrected chi connectivity index (χ0v) is 16.3. The van der Waals surface area contributed by atoms with E-state index in [0.717, 1.165) is 24.5 Å². The molecule has 1 amide bonds. The number of fused-ring (bicyclic) bond motifs is 1. The minimum atomic E-state index is -0.0773. The second kappa shape index (κ2) is 8.68. The molecule has 1 aromatic heterocycles. The van der Waals surface area contributed by atoms with E-state index in [1.165, 1.54) is 22.5 Å². The first kappa shape index (κ1) is 18.9. The summed E-state index contributed by atoms with van der Waals surface area (Å²) < 4.78 is 5.01. The standard InChI is InChI=1S/C18H25N5O2S/c1-22(11-16(24)19-18-21-20-17(26-18)12-25-3)10-15-8-13-6-4-5-7-14(13)9-23(15)2/h4-7,15H,8-12H2,1-3H3,(H,19,21,24). The number of amides is 1. The number of hydrogen-bond donors (Lipinski definition) is 1. The summed E-state index contributed by atoms with van der Waals surface area (Å²) in [6, 6.07) is 8.99. The van der Waals surface area contributed by atoms with Crippen LogP contribution in [0.5, 0.6) is 0 Å². The fraction of sp³-hybridized carbons (Fsp3) is 0.500. The number of nitrogens with one attached hydrogen (secondary N) is 1. The first-order chi connectivity index (χ1) is 12.5. The highest BCUT2D eigenvalue weighted by Crippen LogP contribution is 2.22. The second-order valence-electron chi connectivity index (χ2n) is 6.72. The largest absolute Gasteiger partial charge is 0.377 e. The molecule has 0 saturated carbocycles. The maximum absolute atomic E-state index is 12.3. The van der Waals surface area contributed by atoms with Crippen LogP contribution in [0, 0.1) is 0 Å². The molecule has 0 bridgehead atoms. The van der Waals surface area contributed by atoms with Gasteiger partial charge in [-0.25, -0.2) is 0 Å². The molecule has 1 N–H and O–H groups in total. The predicted molar refractivity (Wildman–Crippen MR) is 102 cm³/mol. The molecule has 0 aliphatic carbocycles. The zero-order chi connectivity index (χ0) is 18.5. The maximum Gasteiger partial charge on any atom is 0.240 e. The van der Waals surface area contributed by atoms with Crippen LogP contribution in [-0.2, 0) is 29.1 Å². The number of rotatable bonds is 7. The molecule has 2 heterocycles. The van der Waals surface area contributed by atoms with E-state index in [4.69, 9.17) is 4.74 Å². The Hall–Kier alpha value is -1.87. The Kier molecular flexibility index (Phi) is 6.31. The third-order valence-electron chi connectivity index (χ3n) is 4.53. The summed E-state index contributed by atoms with van der Waals surface area (Å²) in [6.45, 7) is 2.52. The van der Waals surface area contributed by atoms with Gasteiger partial charge in [0.25, 0.3) is 0 Å². The van der Waals surface area contributed by atoms with Crippen molar-refractivity contribution in [2.45, 2.75) is 25.6 Å². The number of anilines is 1. The molecule has 1 aliphatic heterocycles. The Morgan fingerprint density at radius 2 is 2.15 bits per heavy atom. The van der Waals surface area contributed by atoms with Gasteiger partial charge in [-0.3, -0.25) is 19.9 Å². The summed E-state index contributed by atoms with van der Waals surface area (Å²) in [7, 11) is 5.73. The van der Waals surface area contributed by atoms with Crippen LogP contribution in [0.25, 0.3) is 0 Å². The normalized spacial score (nSPS) is 17.3. The Balaban J connectivity index is 1.50. The van der Waals surface area contributed by atoms with E-state index in [-0.39, 0.29) is 5.91 Å². The molecule has 7 nitrogen and oxygen atoms in total. The third kappa shape index (κ3) is 4.85. The van der Waals surface area contributed by atoms with Crippen molar-refractivity contribution in [1.82, 2.24) is 20.0 Å². The van der Waals surface area contributed by atoms with Crippen LogP contribution in [0.2, 0.25) is 0 Å². The van der Waals surface area contributed by atoms with Crippen molar-refractivity contribution < 1.29 is 9.53 Å². The smallest absolute Gasteiger partial charge is 0.240 e. The van der Waals surface area contributed by atoms with Gasteiger partial charge in [-0.15, -0.1) is 10.2 Å². The van der Waals surface area contributed by atoms with Gasteiger partial charge < -0.3 is 4.74 Å². The van der Waals surface area contributed by atoms with E-state index in [1.807, 2.05) is 7.05 Å². The van der Waals surface area contributed by atoms with Gasteiger partial charge in [0.05, 0.1) is 6.54 Å². The van der Waals surface area contributed by atoms with E-state index in [0.29, 0.717) is 24.3 Å². The highest BCUT2D eigenvalue weighted by Gasteiger charge is 2.24. The zero-order valence-electron chi connectivity index (χ0n) is 15.4. The Bertz CT molecular complexity index is 751. The Morgan fingerprint density at radius 1 is 1.38 bits per heavy atom. The predicted octanol–water partition coefficient (Wildman–Crippen LogP) is 1.61. The van der Waals surface area contributed by atoms with Gasteiger partial charge in [0.15, 0.2) is 0 Å². The number of methoxy groups -OCH3 is 1. The van der Waals surface area contributed by atoms with Crippen molar-refractivity contribution in [3.05, 3.63) is 40.4 Å². The van der Waals surface area contributed by atoms with Crippen LogP contribution in [0.4, 0.5) is 5.13 Å². The van der Waals surface area contributed by atoms with Crippen molar-refractivity contribution in [3.63, 3.8) is 0 Å². The van der Waals surface area contributed by atoms with Crippen molar-refractivity contribution in [1.29, 1.82) is 0 Å². The monoisotopic (exact) mass is 375 g/mol. The van der Waals surface area contributed by atoms with Gasteiger partial charge in [0.2, 0.25) is 11.0 Å². The Morgan fingerprint density at radius 3 is 2.92 bits per heavy atom. The minimum Gasteiger partial charge on any atom is -0.377 e. The molecule has 1 aromatic carbocycles. The lowest BCUT2D eigenvalue weighted by Crippen LogP contribution is -2.46. The summed E-state index contributed by atoms with van der Waals surface area (Å²) in [5.74, 6) is -0.0773. The van der Waals surface area contributed by atoms with Crippen LogP contribution in [0.15, 0.2) is 24.3 Å². The number of hydrogen-bond acceptors (Lipinski definition) is 7. The summed E-state index contributed by atoms with van der Waals surface area (Å²) in [4.78, 5) is 16.7. The molecule has 26 heavy (non-hydrogen) atoms. The fourth-order valence-corrected chi connectivity index (χ4v) is 3.96.